The summed E-state index contributed by atoms with van der Waals surface area (Å²) < 4.78 is 0. The number of hydrogen-bond donors (Lipinski definition) is 0. The molecule has 0 saturated carbocycles. The van der Waals surface area contributed by atoms with Crippen LogP contribution in [0.2, 0.25) is 0 Å². The van der Waals surface area contributed by atoms with E-state index in [1.807, 2.05) is 18.9 Å². The van der Waals surface area contributed by atoms with E-state index in [-0.39, 0.29) is 6.04 Å². The van der Waals surface area contributed by atoms with E-state index >= 15 is 0 Å². The van der Waals surface area contributed by atoms with Crippen LogP contribution in [0.3, 0.4) is 0 Å². The zero-order valence-electron chi connectivity index (χ0n) is 9.07. The molecular formula is C9H21N3. The van der Waals surface area contributed by atoms with Crippen molar-refractivity contribution in [2.45, 2.75) is 59.7 Å². The Morgan fingerprint density at radius 1 is 0.833 bits per heavy atom. The molecule has 0 rings (SSSR count). The molecule has 0 radical (unpaired) electrons. The van der Waals surface area contributed by atoms with Gasteiger partial charge in [0.05, 0.1) is 6.04 Å². The van der Waals surface area contributed by atoms with Crippen LogP contribution in [0.1, 0.15) is 41.5 Å². The van der Waals surface area contributed by atoms with Crippen LogP contribution in [0, 0.1) is 0 Å². The molecule has 0 aliphatic heterocycles. The van der Waals surface area contributed by atoms with Gasteiger partial charge in [0.1, 0.15) is 0 Å². The van der Waals surface area contributed by atoms with Gasteiger partial charge in [-0.15, -0.1) is 0 Å². The van der Waals surface area contributed by atoms with Crippen molar-refractivity contribution in [3.63, 3.8) is 0 Å². The summed E-state index contributed by atoms with van der Waals surface area (Å²) in [5.41, 5.74) is 0. The molecule has 0 aromatic rings. The first-order valence-corrected chi connectivity index (χ1v) is 4.64. The van der Waals surface area contributed by atoms with Crippen molar-refractivity contribution in [2.75, 3.05) is 0 Å². The third kappa shape index (κ3) is 4.31. The first kappa shape index (κ1) is 11.4. The van der Waals surface area contributed by atoms with Gasteiger partial charge in [-0.25, -0.2) is 0 Å². The van der Waals surface area contributed by atoms with E-state index in [4.69, 9.17) is 0 Å². The third-order valence-corrected chi connectivity index (χ3v) is 1.44. The van der Waals surface area contributed by atoms with Crippen LogP contribution in [-0.2, 0) is 0 Å². The van der Waals surface area contributed by atoms with Gasteiger partial charge in [-0.3, -0.25) is 5.01 Å². The zero-order chi connectivity index (χ0) is 9.72. The lowest BCUT2D eigenvalue weighted by Gasteiger charge is -2.26. The highest BCUT2D eigenvalue weighted by Gasteiger charge is 2.10. The highest BCUT2D eigenvalue weighted by Crippen LogP contribution is 2.06. The predicted molar refractivity (Wildman–Crippen MR) is 52.1 cm³/mol. The molecule has 0 aromatic carbocycles. The highest BCUT2D eigenvalue weighted by atomic mass is 15.6. The number of rotatable bonds is 4. The summed E-state index contributed by atoms with van der Waals surface area (Å²) in [5.74, 6) is 0. The molecule has 72 valence electrons. The maximum Gasteiger partial charge on any atom is 0.0673 e. The molecule has 3 nitrogen and oxygen atoms in total. The lowest BCUT2D eigenvalue weighted by Crippen LogP contribution is -2.31. The summed E-state index contributed by atoms with van der Waals surface area (Å²) in [7, 11) is 0. The molecule has 0 aliphatic carbocycles. The molecule has 0 unspecified atom stereocenters. The second-order valence-electron chi connectivity index (χ2n) is 3.87. The van der Waals surface area contributed by atoms with E-state index in [1.165, 1.54) is 0 Å². The number of nitrogens with zero attached hydrogens (tertiary/aromatic N) is 3. The van der Waals surface area contributed by atoms with E-state index < -0.39 is 0 Å². The molecule has 0 aromatic heterocycles. The summed E-state index contributed by atoms with van der Waals surface area (Å²) in [4.78, 5) is 0. The maximum atomic E-state index is 4.18. The summed E-state index contributed by atoms with van der Waals surface area (Å²) >= 11 is 0. The summed E-state index contributed by atoms with van der Waals surface area (Å²) in [6.45, 7) is 12.6. The molecule has 0 N–H and O–H groups in total. The van der Waals surface area contributed by atoms with Crippen molar-refractivity contribution in [1.29, 1.82) is 0 Å². The first-order chi connectivity index (χ1) is 5.45. The minimum atomic E-state index is 0.282. The van der Waals surface area contributed by atoms with Gasteiger partial charge in [0.2, 0.25) is 0 Å². The molecule has 3 heteroatoms. The smallest absolute Gasteiger partial charge is 0.0673 e. The molecule has 0 saturated heterocycles. The molecule has 0 atom stereocenters. The molecule has 0 heterocycles. The van der Waals surface area contributed by atoms with Crippen molar-refractivity contribution >= 4 is 0 Å². The largest absolute Gasteiger partial charge is 0.274 e. The fourth-order valence-corrected chi connectivity index (χ4v) is 0.966. The molecule has 0 spiro atoms. The maximum absolute atomic E-state index is 4.18. The average Bonchev–Trinajstić information content (AvgIpc) is 1.84. The minimum Gasteiger partial charge on any atom is -0.274 e. The fraction of sp³-hybridized carbons (Fsp3) is 1.00. The second-order valence-corrected chi connectivity index (χ2v) is 3.87. The molecule has 12 heavy (non-hydrogen) atoms. The molecular weight excluding hydrogens is 150 g/mol. The Balaban J connectivity index is 4.14. The van der Waals surface area contributed by atoms with Crippen molar-refractivity contribution in [2.24, 2.45) is 10.3 Å². The van der Waals surface area contributed by atoms with Crippen molar-refractivity contribution < 1.29 is 0 Å². The van der Waals surface area contributed by atoms with Crippen LogP contribution >= 0.6 is 0 Å². The first-order valence-electron chi connectivity index (χ1n) is 4.64. The van der Waals surface area contributed by atoms with Gasteiger partial charge in [0.15, 0.2) is 0 Å². The van der Waals surface area contributed by atoms with E-state index in [1.54, 1.807) is 0 Å². The third-order valence-electron chi connectivity index (χ3n) is 1.44. The average molecular weight is 171 g/mol. The van der Waals surface area contributed by atoms with E-state index in [0.29, 0.717) is 12.1 Å². The van der Waals surface area contributed by atoms with Gasteiger partial charge in [0.25, 0.3) is 0 Å². The van der Waals surface area contributed by atoms with Gasteiger partial charge >= 0.3 is 0 Å². The Hall–Kier alpha value is -0.600. The Morgan fingerprint density at radius 2 is 1.25 bits per heavy atom. The molecule has 0 aliphatic rings. The van der Waals surface area contributed by atoms with Gasteiger partial charge in [0, 0.05) is 12.1 Å². The van der Waals surface area contributed by atoms with Crippen LogP contribution in [0.25, 0.3) is 0 Å². The Kier molecular flexibility index (Phi) is 4.86. The summed E-state index contributed by atoms with van der Waals surface area (Å²) in [6.07, 6.45) is 0. The SMILES string of the molecule is CC(C)N=NN(C(C)C)C(C)C. The molecule has 0 fully saturated rings. The predicted octanol–water partition coefficient (Wildman–Crippen LogP) is 2.88. The van der Waals surface area contributed by atoms with Gasteiger partial charge in [-0.1, -0.05) is 5.22 Å². The highest BCUT2D eigenvalue weighted by molar-refractivity contribution is 4.61. The lowest BCUT2D eigenvalue weighted by molar-refractivity contribution is 0.164. The van der Waals surface area contributed by atoms with Crippen LogP contribution in [0.15, 0.2) is 10.3 Å². The monoisotopic (exact) mass is 171 g/mol. The molecule has 0 bridgehead atoms. The van der Waals surface area contributed by atoms with Crippen molar-refractivity contribution in [3.05, 3.63) is 0 Å². The van der Waals surface area contributed by atoms with Crippen LogP contribution in [0.5, 0.6) is 0 Å². The Bertz CT molecular complexity index is 131. The zero-order valence-corrected chi connectivity index (χ0v) is 9.07. The van der Waals surface area contributed by atoms with Gasteiger partial charge in [-0.2, -0.15) is 5.11 Å². The Morgan fingerprint density at radius 3 is 1.50 bits per heavy atom. The summed E-state index contributed by atoms with van der Waals surface area (Å²) in [6, 6.07) is 1.13. The fourth-order valence-electron chi connectivity index (χ4n) is 0.966. The van der Waals surface area contributed by atoms with Crippen LogP contribution < -0.4 is 0 Å². The number of hydrogen-bond acceptors (Lipinski definition) is 2. The van der Waals surface area contributed by atoms with E-state index in [2.05, 4.69) is 38.0 Å². The second kappa shape index (κ2) is 5.12. The Labute approximate surface area is 75.8 Å². The van der Waals surface area contributed by atoms with Gasteiger partial charge in [-0.05, 0) is 41.5 Å². The van der Waals surface area contributed by atoms with Gasteiger partial charge < -0.3 is 0 Å². The van der Waals surface area contributed by atoms with Crippen LogP contribution in [-0.4, -0.2) is 23.1 Å². The summed E-state index contributed by atoms with van der Waals surface area (Å²) in [5, 5.41) is 10.3. The molecule has 0 amide bonds. The lowest BCUT2D eigenvalue weighted by atomic mass is 10.3. The van der Waals surface area contributed by atoms with Crippen molar-refractivity contribution in [3.8, 4) is 0 Å². The van der Waals surface area contributed by atoms with Crippen molar-refractivity contribution in [1.82, 2.24) is 5.01 Å². The van der Waals surface area contributed by atoms with E-state index in [0.717, 1.165) is 0 Å². The standard InChI is InChI=1S/C9H21N3/c1-7(2)10-11-12(8(3)4)9(5)6/h7-9H,1-6H3. The minimum absolute atomic E-state index is 0.282. The van der Waals surface area contributed by atoms with E-state index in [9.17, 15) is 0 Å². The normalized spacial score (nSPS) is 12.4. The van der Waals surface area contributed by atoms with Crippen LogP contribution in [0.4, 0.5) is 0 Å². The quantitative estimate of drug-likeness (QED) is 0.472. The topological polar surface area (TPSA) is 28.0 Å².